The van der Waals surface area contributed by atoms with Crippen LogP contribution in [-0.4, -0.2) is 26.8 Å². The zero-order chi connectivity index (χ0) is 12.8. The number of hydrogen-bond acceptors (Lipinski definition) is 3. The molecule has 1 unspecified atom stereocenters. The Morgan fingerprint density at radius 3 is 2.88 bits per heavy atom. The molecule has 0 aliphatic heterocycles. The summed E-state index contributed by atoms with van der Waals surface area (Å²) in [5, 5.41) is 15.4. The van der Waals surface area contributed by atoms with E-state index >= 15 is 0 Å². The zero-order valence-corrected chi connectivity index (χ0v) is 9.59. The molecule has 1 heterocycles. The number of carboxylic acids is 1. The highest BCUT2D eigenvalue weighted by Crippen LogP contribution is 2.12. The van der Waals surface area contributed by atoms with Crippen LogP contribution in [0.1, 0.15) is 24.4 Å². The molecule has 0 spiro atoms. The molecule has 1 amide bonds. The van der Waals surface area contributed by atoms with Crippen molar-refractivity contribution in [1.82, 2.24) is 15.1 Å². The van der Waals surface area contributed by atoms with Gasteiger partial charge < -0.3 is 10.4 Å². The minimum atomic E-state index is -1.11. The highest BCUT2D eigenvalue weighted by atomic mass is 16.4. The van der Waals surface area contributed by atoms with Gasteiger partial charge in [-0.2, -0.15) is 5.10 Å². The molecule has 0 saturated heterocycles. The second-order valence-corrected chi connectivity index (χ2v) is 3.61. The summed E-state index contributed by atoms with van der Waals surface area (Å²) in [6.07, 6.45) is 5.34. The van der Waals surface area contributed by atoms with E-state index in [9.17, 15) is 9.59 Å². The number of rotatable bonds is 6. The van der Waals surface area contributed by atoms with Crippen LogP contribution in [0.25, 0.3) is 0 Å². The number of aryl methyl sites for hydroxylation is 1. The molecule has 1 aromatic heterocycles. The number of carbonyl (C=O) groups is 2. The third-order valence-electron chi connectivity index (χ3n) is 2.19. The molecule has 1 aromatic rings. The van der Waals surface area contributed by atoms with Gasteiger partial charge in [-0.1, -0.05) is 6.08 Å². The summed E-state index contributed by atoms with van der Waals surface area (Å²) in [6, 6.07) is -1.05. The third kappa shape index (κ3) is 3.75. The number of allylic oxidation sites excluding steroid dienone is 1. The van der Waals surface area contributed by atoms with E-state index in [1.807, 2.05) is 0 Å². The van der Waals surface area contributed by atoms with E-state index in [4.69, 9.17) is 5.11 Å². The summed E-state index contributed by atoms with van der Waals surface area (Å²) >= 11 is 0. The number of nitrogens with one attached hydrogen (secondary N) is 1. The predicted octanol–water partition coefficient (Wildman–Crippen LogP) is 0.628. The Kier molecular flexibility index (Phi) is 4.45. The van der Waals surface area contributed by atoms with Crippen LogP contribution in [0.2, 0.25) is 0 Å². The number of hydrogen-bond donors (Lipinski definition) is 2. The Hall–Kier alpha value is -2.11. The molecule has 17 heavy (non-hydrogen) atoms. The van der Waals surface area contributed by atoms with E-state index in [0.717, 1.165) is 0 Å². The quantitative estimate of drug-likeness (QED) is 0.711. The summed E-state index contributed by atoms with van der Waals surface area (Å²) in [5.74, 6) is -1.42. The molecule has 0 aliphatic carbocycles. The van der Waals surface area contributed by atoms with Gasteiger partial charge in [0, 0.05) is 25.2 Å². The van der Waals surface area contributed by atoms with E-state index in [1.54, 1.807) is 19.3 Å². The first kappa shape index (κ1) is 13.0. The van der Waals surface area contributed by atoms with Crippen molar-refractivity contribution in [2.24, 2.45) is 7.05 Å². The Bertz CT molecular complexity index is 425. The van der Waals surface area contributed by atoms with Crippen molar-refractivity contribution in [1.29, 1.82) is 0 Å². The molecule has 2 N–H and O–H groups in total. The van der Waals surface area contributed by atoms with Gasteiger partial charge in [0.05, 0.1) is 6.20 Å². The number of carbonyl (C=O) groups excluding carboxylic acids is 1. The van der Waals surface area contributed by atoms with Gasteiger partial charge in [0.1, 0.15) is 0 Å². The van der Waals surface area contributed by atoms with Crippen molar-refractivity contribution in [3.05, 3.63) is 30.6 Å². The summed E-state index contributed by atoms with van der Waals surface area (Å²) < 4.78 is 1.49. The number of aromatic nitrogens is 2. The van der Waals surface area contributed by atoms with E-state index in [-0.39, 0.29) is 12.3 Å². The summed E-state index contributed by atoms with van der Waals surface area (Å²) in [7, 11) is 1.68. The van der Waals surface area contributed by atoms with Crippen molar-refractivity contribution < 1.29 is 14.7 Å². The first-order valence-corrected chi connectivity index (χ1v) is 5.16. The first-order valence-electron chi connectivity index (χ1n) is 5.16. The SMILES string of the molecule is C=CCCC(=O)NC(C(=O)O)c1cnn(C)c1. The van der Waals surface area contributed by atoms with Crippen molar-refractivity contribution >= 4 is 11.9 Å². The second-order valence-electron chi connectivity index (χ2n) is 3.61. The Morgan fingerprint density at radius 2 is 2.41 bits per heavy atom. The lowest BCUT2D eigenvalue weighted by molar-refractivity contribution is -0.142. The van der Waals surface area contributed by atoms with Crippen LogP contribution < -0.4 is 5.32 Å². The maximum atomic E-state index is 11.4. The average molecular weight is 237 g/mol. The van der Waals surface area contributed by atoms with Crippen molar-refractivity contribution in [3.8, 4) is 0 Å². The molecule has 0 bridgehead atoms. The number of nitrogens with zero attached hydrogens (tertiary/aromatic N) is 2. The van der Waals surface area contributed by atoms with Gasteiger partial charge in [0.2, 0.25) is 5.91 Å². The predicted molar refractivity (Wildman–Crippen MR) is 61.2 cm³/mol. The van der Waals surface area contributed by atoms with Gasteiger partial charge in [-0.15, -0.1) is 6.58 Å². The zero-order valence-electron chi connectivity index (χ0n) is 9.59. The normalized spacial score (nSPS) is 11.8. The lowest BCUT2D eigenvalue weighted by atomic mass is 10.1. The largest absolute Gasteiger partial charge is 0.479 e. The Balaban J connectivity index is 2.70. The smallest absolute Gasteiger partial charge is 0.331 e. The van der Waals surface area contributed by atoms with Crippen LogP contribution in [0.3, 0.4) is 0 Å². The van der Waals surface area contributed by atoms with Gasteiger partial charge in [-0.3, -0.25) is 9.48 Å². The van der Waals surface area contributed by atoms with E-state index < -0.39 is 12.0 Å². The fourth-order valence-electron chi connectivity index (χ4n) is 1.34. The van der Waals surface area contributed by atoms with Gasteiger partial charge in [-0.05, 0) is 6.42 Å². The fraction of sp³-hybridized carbons (Fsp3) is 0.364. The molecular weight excluding hydrogens is 222 g/mol. The lowest BCUT2D eigenvalue weighted by Gasteiger charge is -2.12. The standard InChI is InChI=1S/C11H15N3O3/c1-3-4-5-9(15)13-10(11(16)17)8-6-12-14(2)7-8/h3,6-7,10H,1,4-5H2,2H3,(H,13,15)(H,16,17). The summed E-state index contributed by atoms with van der Waals surface area (Å²) in [4.78, 5) is 22.5. The molecule has 6 heteroatoms. The number of amides is 1. The maximum Gasteiger partial charge on any atom is 0.331 e. The molecule has 0 saturated carbocycles. The van der Waals surface area contributed by atoms with Crippen LogP contribution in [-0.2, 0) is 16.6 Å². The molecule has 92 valence electrons. The number of aliphatic carboxylic acids is 1. The first-order chi connectivity index (χ1) is 8.04. The third-order valence-corrected chi connectivity index (χ3v) is 2.19. The lowest BCUT2D eigenvalue weighted by Crippen LogP contribution is -2.33. The topological polar surface area (TPSA) is 84.2 Å². The highest BCUT2D eigenvalue weighted by Gasteiger charge is 2.22. The van der Waals surface area contributed by atoms with Gasteiger partial charge >= 0.3 is 5.97 Å². The van der Waals surface area contributed by atoms with Crippen LogP contribution in [0.5, 0.6) is 0 Å². The van der Waals surface area contributed by atoms with Crippen LogP contribution >= 0.6 is 0 Å². The average Bonchev–Trinajstić information content (AvgIpc) is 2.69. The van der Waals surface area contributed by atoms with Crippen molar-refractivity contribution in [3.63, 3.8) is 0 Å². The number of carboxylic acid groups (broad SMARTS) is 1. The minimum absolute atomic E-state index is 0.230. The summed E-state index contributed by atoms with van der Waals surface area (Å²) in [6.45, 7) is 3.50. The molecule has 1 rings (SSSR count). The highest BCUT2D eigenvalue weighted by molar-refractivity contribution is 5.84. The van der Waals surface area contributed by atoms with Gasteiger partial charge in [0.25, 0.3) is 0 Å². The monoisotopic (exact) mass is 237 g/mol. The maximum absolute atomic E-state index is 11.4. The van der Waals surface area contributed by atoms with Gasteiger partial charge in [-0.25, -0.2) is 4.79 Å². The minimum Gasteiger partial charge on any atom is -0.479 e. The van der Waals surface area contributed by atoms with Crippen LogP contribution in [0.4, 0.5) is 0 Å². The van der Waals surface area contributed by atoms with Crippen LogP contribution in [0.15, 0.2) is 25.0 Å². The molecule has 0 fully saturated rings. The van der Waals surface area contributed by atoms with E-state index in [0.29, 0.717) is 12.0 Å². The molecular formula is C11H15N3O3. The molecule has 0 aromatic carbocycles. The van der Waals surface area contributed by atoms with Gasteiger partial charge in [0.15, 0.2) is 6.04 Å². The molecule has 0 radical (unpaired) electrons. The Morgan fingerprint density at radius 1 is 1.71 bits per heavy atom. The molecule has 0 aliphatic rings. The second kappa shape index (κ2) is 5.83. The van der Waals surface area contributed by atoms with E-state index in [1.165, 1.54) is 10.9 Å². The van der Waals surface area contributed by atoms with Crippen molar-refractivity contribution in [2.45, 2.75) is 18.9 Å². The summed E-state index contributed by atoms with van der Waals surface area (Å²) in [5.41, 5.74) is 0.451. The Labute approximate surface area is 98.9 Å². The molecule has 1 atom stereocenters. The fourth-order valence-corrected chi connectivity index (χ4v) is 1.34. The van der Waals surface area contributed by atoms with Crippen molar-refractivity contribution in [2.75, 3.05) is 0 Å². The molecule has 6 nitrogen and oxygen atoms in total. The van der Waals surface area contributed by atoms with Crippen LogP contribution in [0, 0.1) is 0 Å². The van der Waals surface area contributed by atoms with E-state index in [2.05, 4.69) is 17.0 Å².